The third kappa shape index (κ3) is 7.62. The van der Waals surface area contributed by atoms with Gasteiger partial charge in [-0.05, 0) is 86.2 Å². The standard InChI is InChI=1S/C39H46N6O2S2/c1-38(2,3)28-9-11-30-24(19-28)17-27-22-33(49-36(27)43-30)37(47)45(16-13-40-6)23-39(4,5)29-10-12-31-25(20-29)18-26-21-32(48-35(26)42-31)34(46)41-14-15-44(7)8/h9-12,17-22,40H,13-16,23H2,1-8H3,(H,41,46). The van der Waals surface area contributed by atoms with Crippen LogP contribution in [0, 0.1) is 0 Å². The summed E-state index contributed by atoms with van der Waals surface area (Å²) >= 11 is 2.88. The molecule has 0 saturated heterocycles. The van der Waals surface area contributed by atoms with Gasteiger partial charge in [-0.3, -0.25) is 9.59 Å². The Bertz CT molecular complexity index is 2180. The van der Waals surface area contributed by atoms with E-state index in [0.717, 1.165) is 54.3 Å². The molecule has 0 spiro atoms. The first-order valence-electron chi connectivity index (χ1n) is 16.8. The predicted molar refractivity (Wildman–Crippen MR) is 207 cm³/mol. The van der Waals surface area contributed by atoms with Gasteiger partial charge >= 0.3 is 0 Å². The molecule has 2 aromatic carbocycles. The maximum absolute atomic E-state index is 14.2. The van der Waals surface area contributed by atoms with E-state index in [1.807, 2.05) is 43.1 Å². The molecule has 0 saturated carbocycles. The summed E-state index contributed by atoms with van der Waals surface area (Å²) in [6.45, 7) is 14.2. The van der Waals surface area contributed by atoms with E-state index in [2.05, 4.69) is 93.8 Å². The van der Waals surface area contributed by atoms with Gasteiger partial charge in [-0.2, -0.15) is 0 Å². The van der Waals surface area contributed by atoms with E-state index in [-0.39, 0.29) is 22.6 Å². The van der Waals surface area contributed by atoms with Crippen LogP contribution in [0.25, 0.3) is 42.2 Å². The average Bonchev–Trinajstić information content (AvgIpc) is 3.66. The lowest BCUT2D eigenvalue weighted by atomic mass is 9.83. The smallest absolute Gasteiger partial charge is 0.264 e. The van der Waals surface area contributed by atoms with Gasteiger partial charge in [0.15, 0.2) is 0 Å². The second-order valence-electron chi connectivity index (χ2n) is 14.8. The molecule has 4 heterocycles. The molecule has 0 atom stereocenters. The zero-order valence-electron chi connectivity index (χ0n) is 29.7. The molecule has 0 bridgehead atoms. The van der Waals surface area contributed by atoms with Crippen LogP contribution in [0.2, 0.25) is 0 Å². The van der Waals surface area contributed by atoms with Crippen molar-refractivity contribution in [1.29, 1.82) is 0 Å². The Morgan fingerprint density at radius 1 is 0.714 bits per heavy atom. The average molecular weight is 695 g/mol. The first kappa shape index (κ1) is 34.9. The largest absolute Gasteiger partial charge is 0.350 e. The number of nitrogens with zero attached hydrogens (tertiary/aromatic N) is 4. The van der Waals surface area contributed by atoms with Crippen LogP contribution in [-0.2, 0) is 10.8 Å². The Hall–Kier alpha value is -3.96. The topological polar surface area (TPSA) is 90.5 Å². The highest BCUT2D eigenvalue weighted by atomic mass is 32.1. The molecule has 49 heavy (non-hydrogen) atoms. The zero-order chi connectivity index (χ0) is 35.1. The van der Waals surface area contributed by atoms with Gasteiger partial charge in [0.2, 0.25) is 0 Å². The summed E-state index contributed by atoms with van der Waals surface area (Å²) < 4.78 is 0. The van der Waals surface area contributed by atoms with Crippen LogP contribution in [-0.4, -0.2) is 85.4 Å². The Morgan fingerprint density at radius 3 is 1.88 bits per heavy atom. The summed E-state index contributed by atoms with van der Waals surface area (Å²) in [4.78, 5) is 43.9. The molecule has 4 aromatic heterocycles. The van der Waals surface area contributed by atoms with Crippen molar-refractivity contribution in [2.24, 2.45) is 0 Å². The second-order valence-corrected chi connectivity index (χ2v) is 16.9. The van der Waals surface area contributed by atoms with Gasteiger partial charge in [-0.25, -0.2) is 9.97 Å². The number of thiophene rings is 2. The highest BCUT2D eigenvalue weighted by Crippen LogP contribution is 2.34. The molecule has 6 rings (SSSR count). The van der Waals surface area contributed by atoms with E-state index in [1.54, 1.807) is 0 Å². The number of likely N-dealkylation sites (N-methyl/N-ethyl adjacent to an activating group) is 2. The number of amides is 2. The van der Waals surface area contributed by atoms with E-state index < -0.39 is 0 Å². The van der Waals surface area contributed by atoms with Crippen LogP contribution < -0.4 is 10.6 Å². The monoisotopic (exact) mass is 694 g/mol. The molecule has 0 fully saturated rings. The number of hydrogen-bond donors (Lipinski definition) is 2. The summed E-state index contributed by atoms with van der Waals surface area (Å²) in [5.41, 5.74) is 3.92. The summed E-state index contributed by atoms with van der Waals surface area (Å²) in [6, 6.07) is 21.0. The van der Waals surface area contributed by atoms with Crippen molar-refractivity contribution in [1.82, 2.24) is 30.4 Å². The number of hydrogen-bond acceptors (Lipinski definition) is 8. The molecular weight excluding hydrogens is 649 g/mol. The zero-order valence-corrected chi connectivity index (χ0v) is 31.4. The molecule has 0 unspecified atom stereocenters. The van der Waals surface area contributed by atoms with E-state index in [0.29, 0.717) is 35.9 Å². The summed E-state index contributed by atoms with van der Waals surface area (Å²) in [6.07, 6.45) is 0. The van der Waals surface area contributed by atoms with Gasteiger partial charge in [-0.15, -0.1) is 22.7 Å². The van der Waals surface area contributed by atoms with Crippen molar-refractivity contribution in [3.8, 4) is 0 Å². The Labute approximate surface area is 296 Å². The van der Waals surface area contributed by atoms with Gasteiger partial charge < -0.3 is 20.4 Å². The first-order chi connectivity index (χ1) is 23.2. The quantitative estimate of drug-likeness (QED) is 0.147. The number of fused-ring (bicyclic) bond motifs is 4. The molecule has 0 aliphatic carbocycles. The molecule has 6 aromatic rings. The van der Waals surface area contributed by atoms with Gasteiger partial charge in [0, 0.05) is 59.7 Å². The van der Waals surface area contributed by atoms with Crippen molar-refractivity contribution in [2.75, 3.05) is 53.9 Å². The molecule has 256 valence electrons. The van der Waals surface area contributed by atoms with Crippen LogP contribution in [0.15, 0.2) is 60.7 Å². The molecule has 0 aliphatic rings. The van der Waals surface area contributed by atoms with Crippen LogP contribution in [0.4, 0.5) is 0 Å². The highest BCUT2D eigenvalue weighted by Gasteiger charge is 2.29. The van der Waals surface area contributed by atoms with Gasteiger partial charge in [0.1, 0.15) is 9.66 Å². The molecular formula is C39H46N6O2S2. The fraction of sp³-hybridized carbons (Fsp3) is 0.385. The molecule has 8 nitrogen and oxygen atoms in total. The van der Waals surface area contributed by atoms with Crippen LogP contribution in [0.1, 0.15) is 65.1 Å². The molecule has 2 N–H and O–H groups in total. The van der Waals surface area contributed by atoms with Gasteiger partial charge in [-0.1, -0.05) is 46.8 Å². The van der Waals surface area contributed by atoms with Gasteiger partial charge in [0.05, 0.1) is 20.8 Å². The second kappa shape index (κ2) is 13.7. The predicted octanol–water partition coefficient (Wildman–Crippen LogP) is 7.44. The molecule has 2 amide bonds. The minimum Gasteiger partial charge on any atom is -0.350 e. The fourth-order valence-electron chi connectivity index (χ4n) is 6.08. The minimum absolute atomic E-state index is 0.0181. The Kier molecular flexibility index (Phi) is 9.79. The highest BCUT2D eigenvalue weighted by molar-refractivity contribution is 7.20. The lowest BCUT2D eigenvalue weighted by molar-refractivity contribution is 0.0729. The van der Waals surface area contributed by atoms with E-state index in [4.69, 9.17) is 9.97 Å². The maximum atomic E-state index is 14.2. The van der Waals surface area contributed by atoms with E-state index in [9.17, 15) is 9.59 Å². The Balaban J connectivity index is 1.25. The Morgan fingerprint density at radius 2 is 1.29 bits per heavy atom. The van der Waals surface area contributed by atoms with E-state index in [1.165, 1.54) is 28.2 Å². The fourth-order valence-corrected chi connectivity index (χ4v) is 8.01. The van der Waals surface area contributed by atoms with Crippen LogP contribution >= 0.6 is 22.7 Å². The number of benzene rings is 2. The lowest BCUT2D eigenvalue weighted by Crippen LogP contribution is -2.43. The summed E-state index contributed by atoms with van der Waals surface area (Å²) in [5.74, 6) is -0.0518. The minimum atomic E-state index is -0.342. The van der Waals surface area contributed by atoms with Gasteiger partial charge in [0.25, 0.3) is 11.8 Å². The van der Waals surface area contributed by atoms with Crippen molar-refractivity contribution >= 4 is 76.7 Å². The number of carbonyl (C=O) groups excluding carboxylic acids is 2. The first-order valence-corrected chi connectivity index (χ1v) is 18.4. The van der Waals surface area contributed by atoms with Crippen molar-refractivity contribution in [3.63, 3.8) is 0 Å². The van der Waals surface area contributed by atoms with Crippen molar-refractivity contribution < 1.29 is 9.59 Å². The molecule has 0 radical (unpaired) electrons. The van der Waals surface area contributed by atoms with Crippen molar-refractivity contribution in [2.45, 2.75) is 45.4 Å². The van der Waals surface area contributed by atoms with Crippen LogP contribution in [0.5, 0.6) is 0 Å². The third-order valence-corrected chi connectivity index (χ3v) is 11.1. The number of nitrogens with one attached hydrogen (secondary N) is 2. The lowest BCUT2D eigenvalue weighted by Gasteiger charge is -2.33. The summed E-state index contributed by atoms with van der Waals surface area (Å²) in [7, 11) is 5.89. The third-order valence-electron chi connectivity index (χ3n) is 9.03. The number of carbonyl (C=O) groups is 2. The number of aromatic nitrogens is 2. The van der Waals surface area contributed by atoms with Crippen LogP contribution in [0.3, 0.4) is 0 Å². The van der Waals surface area contributed by atoms with Crippen molar-refractivity contribution in [3.05, 3.63) is 81.5 Å². The molecule has 10 heteroatoms. The SMILES string of the molecule is CNCCN(CC(C)(C)c1ccc2nc3sc(C(=O)NCCN(C)C)cc3cc2c1)C(=O)c1cc2cc3cc(C(C)(C)C)ccc3nc2s1. The molecule has 0 aliphatic heterocycles. The maximum Gasteiger partial charge on any atom is 0.264 e. The number of pyridine rings is 2. The number of rotatable bonds is 11. The normalized spacial score (nSPS) is 12.5. The summed E-state index contributed by atoms with van der Waals surface area (Å²) in [5, 5.41) is 10.3. The van der Waals surface area contributed by atoms with E-state index >= 15 is 0 Å².